The van der Waals surface area contributed by atoms with Crippen LogP contribution in [0.5, 0.6) is 5.75 Å². The van der Waals surface area contributed by atoms with Crippen molar-refractivity contribution >= 4 is 0 Å². The highest BCUT2D eigenvalue weighted by Gasteiger charge is 2.25. The molecule has 4 nitrogen and oxygen atoms in total. The number of ether oxygens (including phenoxy) is 2. The SMILES string of the molecule is COc1ccc(F)cc1C(CC(C)(C)OC)NN. The molecule has 1 rings (SSSR count). The molecule has 0 fully saturated rings. The van der Waals surface area contributed by atoms with Gasteiger partial charge in [-0.15, -0.1) is 0 Å². The van der Waals surface area contributed by atoms with Gasteiger partial charge in [0, 0.05) is 12.7 Å². The largest absolute Gasteiger partial charge is 0.496 e. The summed E-state index contributed by atoms with van der Waals surface area (Å²) in [5.74, 6) is 5.84. The van der Waals surface area contributed by atoms with Gasteiger partial charge < -0.3 is 9.47 Å². The van der Waals surface area contributed by atoms with Gasteiger partial charge in [-0.25, -0.2) is 4.39 Å². The fraction of sp³-hybridized carbons (Fsp3) is 0.538. The minimum Gasteiger partial charge on any atom is -0.496 e. The van der Waals surface area contributed by atoms with Gasteiger partial charge in [-0.2, -0.15) is 0 Å². The van der Waals surface area contributed by atoms with E-state index in [-0.39, 0.29) is 17.5 Å². The molecular formula is C13H21FN2O2. The van der Waals surface area contributed by atoms with Gasteiger partial charge in [0.05, 0.1) is 18.8 Å². The third kappa shape index (κ3) is 3.66. The second kappa shape index (κ2) is 6.13. The fourth-order valence-corrected chi connectivity index (χ4v) is 1.81. The molecule has 102 valence electrons. The highest BCUT2D eigenvalue weighted by atomic mass is 19.1. The van der Waals surface area contributed by atoms with Gasteiger partial charge in [0.1, 0.15) is 11.6 Å². The van der Waals surface area contributed by atoms with E-state index in [0.29, 0.717) is 17.7 Å². The first-order valence-electron chi connectivity index (χ1n) is 5.78. The van der Waals surface area contributed by atoms with Crippen LogP contribution in [-0.4, -0.2) is 19.8 Å². The van der Waals surface area contributed by atoms with Crippen LogP contribution in [0.25, 0.3) is 0 Å². The number of hydrogen-bond donors (Lipinski definition) is 2. The number of nitrogens with one attached hydrogen (secondary N) is 1. The molecule has 0 aliphatic rings. The smallest absolute Gasteiger partial charge is 0.123 e. The molecule has 0 bridgehead atoms. The Labute approximate surface area is 107 Å². The van der Waals surface area contributed by atoms with E-state index < -0.39 is 0 Å². The van der Waals surface area contributed by atoms with Crippen LogP contribution in [0.4, 0.5) is 4.39 Å². The summed E-state index contributed by atoms with van der Waals surface area (Å²) in [4.78, 5) is 0. The van der Waals surface area contributed by atoms with E-state index in [2.05, 4.69) is 5.43 Å². The van der Waals surface area contributed by atoms with Gasteiger partial charge in [-0.3, -0.25) is 11.3 Å². The maximum Gasteiger partial charge on any atom is 0.123 e. The molecule has 5 heteroatoms. The molecule has 0 spiro atoms. The minimum atomic E-state index is -0.367. The second-order valence-electron chi connectivity index (χ2n) is 4.77. The summed E-state index contributed by atoms with van der Waals surface area (Å²) in [6.07, 6.45) is 0.597. The average molecular weight is 256 g/mol. The summed E-state index contributed by atoms with van der Waals surface area (Å²) in [5.41, 5.74) is 3.00. The summed E-state index contributed by atoms with van der Waals surface area (Å²) in [6, 6.07) is 4.13. The van der Waals surface area contributed by atoms with Crippen molar-refractivity contribution in [3.63, 3.8) is 0 Å². The quantitative estimate of drug-likeness (QED) is 0.605. The lowest BCUT2D eigenvalue weighted by Gasteiger charge is -2.29. The van der Waals surface area contributed by atoms with Crippen LogP contribution in [0, 0.1) is 5.82 Å². The Balaban J connectivity index is 3.04. The molecule has 18 heavy (non-hydrogen) atoms. The zero-order valence-corrected chi connectivity index (χ0v) is 11.3. The maximum atomic E-state index is 13.3. The standard InChI is InChI=1S/C13H21FN2O2/c1-13(2,18-4)8-11(16-15)10-7-9(14)5-6-12(10)17-3/h5-7,11,16H,8,15H2,1-4H3. The fourth-order valence-electron chi connectivity index (χ4n) is 1.81. The molecule has 0 aliphatic heterocycles. The first-order valence-corrected chi connectivity index (χ1v) is 5.78. The molecule has 0 radical (unpaired) electrons. The zero-order chi connectivity index (χ0) is 13.8. The van der Waals surface area contributed by atoms with Crippen molar-refractivity contribution in [2.45, 2.75) is 31.9 Å². The van der Waals surface area contributed by atoms with E-state index in [1.165, 1.54) is 12.1 Å². The second-order valence-corrected chi connectivity index (χ2v) is 4.77. The lowest BCUT2D eigenvalue weighted by molar-refractivity contribution is 0.00662. The summed E-state index contributed by atoms with van der Waals surface area (Å²) in [5, 5.41) is 0. The highest BCUT2D eigenvalue weighted by Crippen LogP contribution is 2.31. The Morgan fingerprint density at radius 2 is 2.06 bits per heavy atom. The third-order valence-electron chi connectivity index (χ3n) is 3.02. The van der Waals surface area contributed by atoms with Crippen LogP contribution < -0.4 is 16.0 Å². The van der Waals surface area contributed by atoms with Crippen molar-refractivity contribution < 1.29 is 13.9 Å². The Bertz CT molecular complexity index is 397. The monoisotopic (exact) mass is 256 g/mol. The van der Waals surface area contributed by atoms with Gasteiger partial charge in [0.25, 0.3) is 0 Å². The Morgan fingerprint density at radius 3 is 2.56 bits per heavy atom. The molecule has 0 aromatic heterocycles. The van der Waals surface area contributed by atoms with Crippen molar-refractivity contribution in [2.75, 3.05) is 14.2 Å². The van der Waals surface area contributed by atoms with E-state index in [1.54, 1.807) is 20.3 Å². The van der Waals surface area contributed by atoms with E-state index >= 15 is 0 Å². The molecule has 0 saturated heterocycles. The van der Waals surface area contributed by atoms with E-state index in [4.69, 9.17) is 15.3 Å². The van der Waals surface area contributed by atoms with Crippen LogP contribution in [0.2, 0.25) is 0 Å². The van der Waals surface area contributed by atoms with Crippen molar-refractivity contribution in [1.29, 1.82) is 0 Å². The molecule has 1 aromatic rings. The van der Waals surface area contributed by atoms with Crippen LogP contribution in [0.15, 0.2) is 18.2 Å². The van der Waals surface area contributed by atoms with Crippen LogP contribution in [-0.2, 0) is 4.74 Å². The molecule has 1 unspecified atom stereocenters. The number of hydrogen-bond acceptors (Lipinski definition) is 4. The van der Waals surface area contributed by atoms with Gasteiger partial charge in [0.2, 0.25) is 0 Å². The van der Waals surface area contributed by atoms with Crippen molar-refractivity contribution in [2.24, 2.45) is 5.84 Å². The average Bonchev–Trinajstić information content (AvgIpc) is 2.36. The Kier molecular flexibility index (Phi) is 5.07. The van der Waals surface area contributed by atoms with E-state index in [0.717, 1.165) is 0 Å². The van der Waals surface area contributed by atoms with Gasteiger partial charge in [-0.1, -0.05) is 0 Å². The summed E-state index contributed by atoms with van der Waals surface area (Å²) < 4.78 is 23.9. The first-order chi connectivity index (χ1) is 8.43. The van der Waals surface area contributed by atoms with Crippen LogP contribution >= 0.6 is 0 Å². The van der Waals surface area contributed by atoms with E-state index in [1.807, 2.05) is 13.8 Å². The van der Waals surface area contributed by atoms with Crippen molar-refractivity contribution in [1.82, 2.24) is 5.43 Å². The molecule has 1 atom stereocenters. The summed E-state index contributed by atoms with van der Waals surface area (Å²) in [7, 11) is 3.18. The molecular weight excluding hydrogens is 235 g/mol. The molecule has 1 aromatic carbocycles. The van der Waals surface area contributed by atoms with Crippen molar-refractivity contribution in [3.05, 3.63) is 29.6 Å². The number of methoxy groups -OCH3 is 2. The molecule has 0 saturated carbocycles. The molecule has 0 aliphatic carbocycles. The predicted molar refractivity (Wildman–Crippen MR) is 68.7 cm³/mol. The normalized spacial score (nSPS) is 13.4. The molecule has 0 amide bonds. The van der Waals surface area contributed by atoms with Gasteiger partial charge in [0.15, 0.2) is 0 Å². The Hall–Kier alpha value is -1.17. The maximum absolute atomic E-state index is 13.3. The summed E-state index contributed by atoms with van der Waals surface area (Å²) in [6.45, 7) is 3.90. The molecule has 3 N–H and O–H groups in total. The molecule has 0 heterocycles. The zero-order valence-electron chi connectivity index (χ0n) is 11.3. The number of halogens is 1. The number of rotatable bonds is 6. The van der Waals surface area contributed by atoms with Crippen LogP contribution in [0.3, 0.4) is 0 Å². The van der Waals surface area contributed by atoms with Gasteiger partial charge in [-0.05, 0) is 38.5 Å². The Morgan fingerprint density at radius 1 is 1.39 bits per heavy atom. The third-order valence-corrected chi connectivity index (χ3v) is 3.02. The number of hydrazine groups is 1. The topological polar surface area (TPSA) is 56.5 Å². The minimum absolute atomic E-state index is 0.245. The van der Waals surface area contributed by atoms with E-state index in [9.17, 15) is 4.39 Å². The number of benzene rings is 1. The highest BCUT2D eigenvalue weighted by molar-refractivity contribution is 5.36. The lowest BCUT2D eigenvalue weighted by Crippen LogP contribution is -2.35. The number of nitrogens with two attached hydrogens (primary N) is 1. The lowest BCUT2D eigenvalue weighted by atomic mass is 9.93. The van der Waals surface area contributed by atoms with Gasteiger partial charge >= 0.3 is 0 Å². The van der Waals surface area contributed by atoms with Crippen molar-refractivity contribution in [3.8, 4) is 5.75 Å². The summed E-state index contributed by atoms with van der Waals surface area (Å²) >= 11 is 0. The van der Waals surface area contributed by atoms with Crippen LogP contribution in [0.1, 0.15) is 31.9 Å². The predicted octanol–water partition coefficient (Wildman–Crippen LogP) is 2.15. The first kappa shape index (κ1) is 14.9.